The number of hydrogen-bond donors (Lipinski definition) is 0. The van der Waals surface area contributed by atoms with Crippen molar-refractivity contribution < 1.29 is 8.42 Å². The van der Waals surface area contributed by atoms with Gasteiger partial charge in [0.2, 0.25) is 10.0 Å². The Bertz CT molecular complexity index is 749. The molecular formula is C14H11Br2NO2S. The van der Waals surface area contributed by atoms with Crippen LogP contribution in [0.4, 0.5) is 0 Å². The lowest BCUT2D eigenvalue weighted by atomic mass is 10.1. The predicted octanol–water partition coefficient (Wildman–Crippen LogP) is 3.92. The van der Waals surface area contributed by atoms with Gasteiger partial charge in [0.15, 0.2) is 0 Å². The molecule has 0 saturated carbocycles. The normalized spacial score (nSPS) is 15.3. The Balaban J connectivity index is 2.01. The van der Waals surface area contributed by atoms with E-state index in [2.05, 4.69) is 31.9 Å². The van der Waals surface area contributed by atoms with Crippen LogP contribution >= 0.6 is 31.9 Å². The molecule has 20 heavy (non-hydrogen) atoms. The molecule has 0 saturated heterocycles. The second-order valence-corrected chi connectivity index (χ2v) is 8.29. The largest absolute Gasteiger partial charge is 0.244 e. The molecule has 2 aromatic carbocycles. The first-order chi connectivity index (χ1) is 9.48. The van der Waals surface area contributed by atoms with E-state index in [4.69, 9.17) is 0 Å². The Hall–Kier alpha value is -0.690. The quantitative estimate of drug-likeness (QED) is 0.743. The number of rotatable bonds is 2. The third-order valence-corrected chi connectivity index (χ3v) is 6.60. The molecule has 0 amide bonds. The van der Waals surface area contributed by atoms with Gasteiger partial charge in [-0.15, -0.1) is 0 Å². The molecule has 0 spiro atoms. The standard InChI is InChI=1S/C14H11Br2NO2S/c15-12-5-6-13(16)14(7-12)20(18,19)17-8-10-3-1-2-4-11(10)9-17/h1-7H,8-9H2. The number of benzene rings is 2. The summed E-state index contributed by atoms with van der Waals surface area (Å²) < 4.78 is 28.3. The Morgan fingerprint density at radius 2 is 1.55 bits per heavy atom. The minimum Gasteiger partial charge on any atom is -0.207 e. The minimum absolute atomic E-state index is 0.291. The highest BCUT2D eigenvalue weighted by atomic mass is 79.9. The summed E-state index contributed by atoms with van der Waals surface area (Å²) >= 11 is 6.64. The van der Waals surface area contributed by atoms with Crippen LogP contribution in [0.5, 0.6) is 0 Å². The molecule has 104 valence electrons. The molecule has 0 bridgehead atoms. The molecule has 0 aromatic heterocycles. The lowest BCUT2D eigenvalue weighted by Crippen LogP contribution is -2.26. The van der Waals surface area contributed by atoms with E-state index in [1.54, 1.807) is 12.1 Å². The van der Waals surface area contributed by atoms with Crippen LogP contribution in [0.15, 0.2) is 56.3 Å². The van der Waals surface area contributed by atoms with Crippen LogP contribution in [0, 0.1) is 0 Å². The van der Waals surface area contributed by atoms with E-state index in [0.717, 1.165) is 15.6 Å². The molecule has 2 aromatic rings. The van der Waals surface area contributed by atoms with Crippen molar-refractivity contribution in [1.82, 2.24) is 4.31 Å². The molecule has 3 nitrogen and oxygen atoms in total. The van der Waals surface area contributed by atoms with E-state index in [9.17, 15) is 8.42 Å². The molecule has 0 N–H and O–H groups in total. The van der Waals surface area contributed by atoms with Crippen molar-refractivity contribution in [2.45, 2.75) is 18.0 Å². The molecule has 1 aliphatic rings. The molecule has 1 aliphatic heterocycles. The van der Waals surface area contributed by atoms with Crippen molar-refractivity contribution in [3.8, 4) is 0 Å². The maximum atomic E-state index is 12.8. The Morgan fingerprint density at radius 1 is 0.950 bits per heavy atom. The zero-order chi connectivity index (χ0) is 14.3. The van der Waals surface area contributed by atoms with Crippen molar-refractivity contribution in [2.75, 3.05) is 0 Å². The second-order valence-electron chi connectivity index (χ2n) is 4.62. The summed E-state index contributed by atoms with van der Waals surface area (Å²) in [5, 5.41) is 0. The van der Waals surface area contributed by atoms with Crippen LogP contribution in [0.1, 0.15) is 11.1 Å². The maximum Gasteiger partial charge on any atom is 0.244 e. The molecule has 1 heterocycles. The highest BCUT2D eigenvalue weighted by Gasteiger charge is 2.31. The van der Waals surface area contributed by atoms with Gasteiger partial charge in [-0.25, -0.2) is 8.42 Å². The third kappa shape index (κ3) is 2.45. The van der Waals surface area contributed by atoms with Gasteiger partial charge in [-0.05, 0) is 45.3 Å². The molecule has 3 rings (SSSR count). The van der Waals surface area contributed by atoms with Gasteiger partial charge in [0.25, 0.3) is 0 Å². The summed E-state index contributed by atoms with van der Waals surface area (Å²) in [5.74, 6) is 0. The van der Waals surface area contributed by atoms with Crippen LogP contribution in [-0.2, 0) is 23.1 Å². The van der Waals surface area contributed by atoms with Crippen molar-refractivity contribution in [3.63, 3.8) is 0 Å². The van der Waals surface area contributed by atoms with E-state index in [1.165, 1.54) is 4.31 Å². The van der Waals surface area contributed by atoms with Gasteiger partial charge in [0.1, 0.15) is 0 Å². The smallest absolute Gasteiger partial charge is 0.207 e. The Kier molecular flexibility index (Phi) is 3.75. The first kappa shape index (κ1) is 14.3. The van der Waals surface area contributed by atoms with Crippen LogP contribution in [-0.4, -0.2) is 12.7 Å². The number of nitrogens with zero attached hydrogens (tertiary/aromatic N) is 1. The fraction of sp³-hybridized carbons (Fsp3) is 0.143. The van der Waals surface area contributed by atoms with Crippen LogP contribution in [0.25, 0.3) is 0 Å². The van der Waals surface area contributed by atoms with Gasteiger partial charge in [-0.1, -0.05) is 40.2 Å². The lowest BCUT2D eigenvalue weighted by molar-refractivity contribution is 0.431. The van der Waals surface area contributed by atoms with E-state index in [1.807, 2.05) is 30.3 Å². The molecule has 0 fully saturated rings. The van der Waals surface area contributed by atoms with Gasteiger partial charge in [-0.3, -0.25) is 0 Å². The SMILES string of the molecule is O=S(=O)(c1cc(Br)ccc1Br)N1Cc2ccccc2C1. The lowest BCUT2D eigenvalue weighted by Gasteiger charge is -2.17. The number of sulfonamides is 1. The van der Waals surface area contributed by atoms with Gasteiger partial charge in [0, 0.05) is 22.0 Å². The van der Waals surface area contributed by atoms with Crippen LogP contribution in [0.3, 0.4) is 0 Å². The van der Waals surface area contributed by atoms with Crippen LogP contribution in [0.2, 0.25) is 0 Å². The van der Waals surface area contributed by atoms with E-state index < -0.39 is 10.0 Å². The zero-order valence-corrected chi connectivity index (χ0v) is 14.4. The molecule has 0 atom stereocenters. The van der Waals surface area contributed by atoms with Gasteiger partial charge >= 0.3 is 0 Å². The van der Waals surface area contributed by atoms with Crippen molar-refractivity contribution in [1.29, 1.82) is 0 Å². The van der Waals surface area contributed by atoms with E-state index >= 15 is 0 Å². The van der Waals surface area contributed by atoms with Crippen molar-refractivity contribution in [2.24, 2.45) is 0 Å². The molecule has 0 aliphatic carbocycles. The van der Waals surface area contributed by atoms with Gasteiger partial charge in [0.05, 0.1) is 4.90 Å². The Labute approximate surface area is 134 Å². The maximum absolute atomic E-state index is 12.8. The van der Waals surface area contributed by atoms with E-state index in [-0.39, 0.29) is 0 Å². The first-order valence-electron chi connectivity index (χ1n) is 6.00. The summed E-state index contributed by atoms with van der Waals surface area (Å²) in [4.78, 5) is 0.291. The van der Waals surface area contributed by atoms with E-state index in [0.29, 0.717) is 22.5 Å². The highest BCUT2D eigenvalue weighted by Crippen LogP contribution is 2.33. The molecule has 6 heteroatoms. The zero-order valence-electron chi connectivity index (χ0n) is 10.4. The molecule has 0 radical (unpaired) electrons. The third-order valence-electron chi connectivity index (χ3n) is 3.32. The van der Waals surface area contributed by atoms with Gasteiger partial charge in [-0.2, -0.15) is 4.31 Å². The monoisotopic (exact) mass is 415 g/mol. The number of fused-ring (bicyclic) bond motifs is 1. The Morgan fingerprint density at radius 3 is 2.15 bits per heavy atom. The van der Waals surface area contributed by atoms with Crippen LogP contribution < -0.4 is 0 Å². The number of hydrogen-bond acceptors (Lipinski definition) is 2. The number of halogens is 2. The van der Waals surface area contributed by atoms with Gasteiger partial charge < -0.3 is 0 Å². The first-order valence-corrected chi connectivity index (χ1v) is 9.03. The van der Waals surface area contributed by atoms with Crippen molar-refractivity contribution in [3.05, 3.63) is 62.5 Å². The fourth-order valence-electron chi connectivity index (χ4n) is 2.29. The average molecular weight is 417 g/mol. The second kappa shape index (κ2) is 5.26. The molecule has 0 unspecified atom stereocenters. The summed E-state index contributed by atoms with van der Waals surface area (Å²) in [5.41, 5.74) is 2.14. The highest BCUT2D eigenvalue weighted by molar-refractivity contribution is 9.11. The summed E-state index contributed by atoms with van der Waals surface area (Å²) in [6, 6.07) is 13.0. The minimum atomic E-state index is -3.50. The predicted molar refractivity (Wildman–Crippen MR) is 84.7 cm³/mol. The van der Waals surface area contributed by atoms with Crippen molar-refractivity contribution >= 4 is 41.9 Å². The summed E-state index contributed by atoms with van der Waals surface area (Å²) in [6.45, 7) is 0.856. The topological polar surface area (TPSA) is 37.4 Å². The summed E-state index contributed by atoms with van der Waals surface area (Å²) in [6.07, 6.45) is 0. The fourth-order valence-corrected chi connectivity index (χ4v) is 5.15. The average Bonchev–Trinajstić information content (AvgIpc) is 2.86. The molecular weight excluding hydrogens is 406 g/mol. The summed E-state index contributed by atoms with van der Waals surface area (Å²) in [7, 11) is -3.50.